The molecule has 0 bridgehead atoms. The summed E-state index contributed by atoms with van der Waals surface area (Å²) in [5.41, 5.74) is 5.54. The number of carbonyl (C=O) groups is 2. The molecule has 0 aliphatic heterocycles. The lowest BCUT2D eigenvalue weighted by atomic mass is 9.43. The molecule has 4 aliphatic carbocycles. The van der Waals surface area contributed by atoms with Crippen molar-refractivity contribution in [3.05, 3.63) is 12.2 Å². The van der Waals surface area contributed by atoms with E-state index in [9.17, 15) is 19.8 Å². The maximum Gasteiger partial charge on any atom is 0.245 e. The molecule has 2 amide bonds. The van der Waals surface area contributed by atoms with E-state index in [0.717, 1.165) is 51.4 Å². The maximum absolute atomic E-state index is 12.6. The van der Waals surface area contributed by atoms with Crippen LogP contribution in [0.15, 0.2) is 12.2 Å². The van der Waals surface area contributed by atoms with Gasteiger partial charge in [-0.15, -0.1) is 0 Å². The third-order valence-corrected chi connectivity index (χ3v) is 12.9. The molecule has 7 heteroatoms. The molecule has 4 rings (SSSR count). The van der Waals surface area contributed by atoms with Crippen molar-refractivity contribution in [1.82, 2.24) is 10.6 Å². The molecule has 0 spiro atoms. The Bertz CT molecular complexity index is 983. The highest BCUT2D eigenvalue weighted by Crippen LogP contribution is 2.68. The lowest BCUT2D eigenvalue weighted by Gasteiger charge is -2.62. The van der Waals surface area contributed by atoms with Gasteiger partial charge in [-0.1, -0.05) is 54.0 Å². The van der Waals surface area contributed by atoms with Crippen LogP contribution in [-0.2, 0) is 9.59 Å². The number of rotatable bonds is 11. The van der Waals surface area contributed by atoms with Crippen molar-refractivity contribution >= 4 is 11.8 Å². The van der Waals surface area contributed by atoms with Gasteiger partial charge in [0.15, 0.2) is 0 Å². The number of amides is 2. The summed E-state index contributed by atoms with van der Waals surface area (Å²) < 4.78 is 0. The summed E-state index contributed by atoms with van der Waals surface area (Å²) in [7, 11) is 0. The summed E-state index contributed by atoms with van der Waals surface area (Å²) >= 11 is 0. The second-order valence-corrected chi connectivity index (χ2v) is 15.7. The van der Waals surface area contributed by atoms with E-state index in [4.69, 9.17) is 5.73 Å². The Balaban J connectivity index is 1.30. The number of allylic oxidation sites excluding steroid dienone is 1. The van der Waals surface area contributed by atoms with Gasteiger partial charge in [0.2, 0.25) is 11.8 Å². The first kappa shape index (κ1) is 33.5. The Morgan fingerprint density at radius 2 is 1.79 bits per heavy atom. The van der Waals surface area contributed by atoms with Crippen molar-refractivity contribution in [3.63, 3.8) is 0 Å². The summed E-state index contributed by atoms with van der Waals surface area (Å²) in [6.45, 7) is 13.2. The van der Waals surface area contributed by atoms with Gasteiger partial charge >= 0.3 is 0 Å². The first-order chi connectivity index (χ1) is 19.8. The lowest BCUT2D eigenvalue weighted by molar-refractivity contribution is -0.174. The highest BCUT2D eigenvalue weighted by molar-refractivity contribution is 5.88. The molecular weight excluding hydrogens is 526 g/mol. The van der Waals surface area contributed by atoms with E-state index < -0.39 is 11.6 Å². The van der Waals surface area contributed by atoms with Crippen molar-refractivity contribution < 1.29 is 19.8 Å². The monoisotopic (exact) mass is 587 g/mol. The van der Waals surface area contributed by atoms with Crippen LogP contribution in [-0.4, -0.2) is 46.9 Å². The second-order valence-electron chi connectivity index (χ2n) is 15.7. The van der Waals surface area contributed by atoms with Crippen molar-refractivity contribution in [2.75, 3.05) is 6.54 Å². The largest absolute Gasteiger partial charge is 0.393 e. The first-order valence-electron chi connectivity index (χ1n) is 17.1. The summed E-state index contributed by atoms with van der Waals surface area (Å²) in [6, 6.07) is 0. The van der Waals surface area contributed by atoms with E-state index in [1.807, 2.05) is 19.9 Å². The SMILES string of the molecule is CCCC(C)(C)C(=O)NC(CN)NC(=O)/C=C/CCC(C)C1CCC2C3CCC4CC(O)CCC4(C)C3CC(O)C12C. The molecule has 6 N–H and O–H groups in total. The molecule has 4 fully saturated rings. The molecule has 42 heavy (non-hydrogen) atoms. The molecule has 0 aromatic heterocycles. The van der Waals surface area contributed by atoms with Crippen LogP contribution < -0.4 is 16.4 Å². The van der Waals surface area contributed by atoms with Crippen molar-refractivity contribution in [2.24, 2.45) is 57.5 Å². The zero-order valence-corrected chi connectivity index (χ0v) is 27.3. The molecule has 0 saturated heterocycles. The lowest BCUT2D eigenvalue weighted by Crippen LogP contribution is -2.58. The van der Waals surface area contributed by atoms with E-state index in [-0.39, 0.29) is 41.4 Å². The Hall–Kier alpha value is -1.44. The van der Waals surface area contributed by atoms with Crippen LogP contribution in [0.3, 0.4) is 0 Å². The minimum Gasteiger partial charge on any atom is -0.393 e. The van der Waals surface area contributed by atoms with E-state index in [1.165, 1.54) is 25.7 Å². The minimum absolute atomic E-state index is 0.0445. The van der Waals surface area contributed by atoms with Gasteiger partial charge < -0.3 is 26.6 Å². The Labute approximate surface area is 255 Å². The molecule has 4 saturated carbocycles. The summed E-state index contributed by atoms with van der Waals surface area (Å²) in [4.78, 5) is 25.2. The van der Waals surface area contributed by atoms with Crippen LogP contribution in [0.5, 0.6) is 0 Å². The van der Waals surface area contributed by atoms with Crippen molar-refractivity contribution in [1.29, 1.82) is 0 Å². The Morgan fingerprint density at radius 3 is 2.48 bits per heavy atom. The third-order valence-electron chi connectivity index (χ3n) is 12.9. The standard InChI is InChI=1S/C35H61N3O4/c1-7-17-33(3,4)32(42)38-30(21-36)37-31(41)11-9-8-10-22(2)26-14-15-27-25-13-12-23-19-24(39)16-18-34(23,5)28(25)20-29(40)35(26,27)6/h9,11,22-30,39-40H,7-8,10,12-21,36H2,1-6H3,(H,37,41)(H,38,42)/b11-9+. The van der Waals surface area contributed by atoms with Crippen LogP contribution >= 0.6 is 0 Å². The number of aliphatic hydroxyl groups excluding tert-OH is 2. The van der Waals surface area contributed by atoms with Crippen LogP contribution in [0, 0.1) is 51.8 Å². The highest BCUT2D eigenvalue weighted by Gasteiger charge is 2.63. The van der Waals surface area contributed by atoms with Crippen LogP contribution in [0.2, 0.25) is 0 Å². The summed E-state index contributed by atoms with van der Waals surface area (Å²) in [6.07, 6.45) is 14.7. The van der Waals surface area contributed by atoms with E-state index in [0.29, 0.717) is 35.5 Å². The number of nitrogens with one attached hydrogen (secondary N) is 2. The molecule has 0 heterocycles. The van der Waals surface area contributed by atoms with Gasteiger partial charge in [0.05, 0.1) is 12.2 Å². The number of carbonyl (C=O) groups excluding carboxylic acids is 2. The number of nitrogens with two attached hydrogens (primary N) is 1. The predicted molar refractivity (Wildman–Crippen MR) is 168 cm³/mol. The summed E-state index contributed by atoms with van der Waals surface area (Å²) in [5.74, 6) is 3.06. The molecular formula is C35H61N3O4. The fourth-order valence-electron chi connectivity index (χ4n) is 10.4. The minimum atomic E-state index is -0.590. The predicted octanol–water partition coefficient (Wildman–Crippen LogP) is 5.29. The van der Waals surface area contributed by atoms with Gasteiger partial charge in [0.1, 0.15) is 6.17 Å². The Morgan fingerprint density at radius 1 is 1.05 bits per heavy atom. The molecule has 240 valence electrons. The number of hydrogen-bond donors (Lipinski definition) is 5. The number of fused-ring (bicyclic) bond motifs is 5. The second kappa shape index (κ2) is 13.3. The molecule has 11 atom stereocenters. The van der Waals surface area contributed by atoms with Gasteiger partial charge in [0.25, 0.3) is 0 Å². The molecule has 0 aromatic rings. The normalized spacial score (nSPS) is 39.6. The highest BCUT2D eigenvalue weighted by atomic mass is 16.3. The van der Waals surface area contributed by atoms with Crippen LogP contribution in [0.25, 0.3) is 0 Å². The Kier molecular flexibility index (Phi) is 10.6. The number of hydrogen-bond acceptors (Lipinski definition) is 5. The van der Waals surface area contributed by atoms with E-state index >= 15 is 0 Å². The molecule has 0 aromatic carbocycles. The zero-order chi connectivity index (χ0) is 30.9. The molecule has 11 unspecified atom stereocenters. The summed E-state index contributed by atoms with van der Waals surface area (Å²) in [5, 5.41) is 27.8. The van der Waals surface area contributed by atoms with Crippen LogP contribution in [0.4, 0.5) is 0 Å². The average Bonchev–Trinajstić information content (AvgIpc) is 3.30. The maximum atomic E-state index is 12.6. The molecule has 0 radical (unpaired) electrons. The van der Waals surface area contributed by atoms with Gasteiger partial charge in [-0.2, -0.15) is 0 Å². The fourth-order valence-corrected chi connectivity index (χ4v) is 10.4. The smallest absolute Gasteiger partial charge is 0.245 e. The zero-order valence-electron chi connectivity index (χ0n) is 27.3. The quantitative estimate of drug-likeness (QED) is 0.166. The van der Waals surface area contributed by atoms with Crippen molar-refractivity contribution in [2.45, 2.75) is 137 Å². The van der Waals surface area contributed by atoms with E-state index in [1.54, 1.807) is 6.08 Å². The van der Waals surface area contributed by atoms with E-state index in [2.05, 4.69) is 38.3 Å². The van der Waals surface area contributed by atoms with Gasteiger partial charge in [-0.25, -0.2) is 0 Å². The van der Waals surface area contributed by atoms with Gasteiger partial charge in [-0.05, 0) is 123 Å². The topological polar surface area (TPSA) is 125 Å². The van der Waals surface area contributed by atoms with Crippen LogP contribution in [0.1, 0.15) is 119 Å². The first-order valence-corrected chi connectivity index (χ1v) is 17.1. The van der Waals surface area contributed by atoms with Gasteiger partial charge in [0, 0.05) is 12.0 Å². The average molecular weight is 588 g/mol. The number of aliphatic hydroxyl groups is 2. The fraction of sp³-hybridized carbons (Fsp3) is 0.886. The molecule has 4 aliphatic rings. The van der Waals surface area contributed by atoms with Crippen molar-refractivity contribution in [3.8, 4) is 0 Å². The molecule has 7 nitrogen and oxygen atoms in total. The van der Waals surface area contributed by atoms with Gasteiger partial charge in [-0.3, -0.25) is 9.59 Å². The third kappa shape index (κ3) is 6.49.